The molecule has 2 aromatic carbocycles. The van der Waals surface area contributed by atoms with E-state index in [4.69, 9.17) is 4.74 Å². The van der Waals surface area contributed by atoms with Gasteiger partial charge < -0.3 is 9.30 Å². The number of benzene rings is 2. The second-order valence-electron chi connectivity index (χ2n) is 8.87. The van der Waals surface area contributed by atoms with Gasteiger partial charge in [-0.2, -0.15) is 18.4 Å². The molecule has 0 spiro atoms. The molecular weight excluding hydrogens is 515 g/mol. The number of nitrogens with one attached hydrogen (secondary N) is 1. The third-order valence-electron chi connectivity index (χ3n) is 5.75. The van der Waals surface area contributed by atoms with E-state index in [9.17, 15) is 23.2 Å². The molecule has 38 heavy (non-hydrogen) atoms. The Labute approximate surface area is 221 Å². The van der Waals surface area contributed by atoms with Crippen molar-refractivity contribution in [3.05, 3.63) is 75.9 Å². The number of alkyl halides is 3. The first-order valence-corrected chi connectivity index (χ1v) is 12.5. The van der Waals surface area contributed by atoms with Gasteiger partial charge in [0, 0.05) is 22.7 Å². The van der Waals surface area contributed by atoms with Crippen molar-refractivity contribution >= 4 is 39.4 Å². The van der Waals surface area contributed by atoms with Crippen molar-refractivity contribution in [2.24, 2.45) is 0 Å². The maximum Gasteiger partial charge on any atom is 0.445 e. The molecule has 0 fully saturated rings. The topological polar surface area (TPSA) is 92.8 Å². The van der Waals surface area contributed by atoms with E-state index in [1.807, 2.05) is 54.1 Å². The molecule has 1 N–H and O–H groups in total. The van der Waals surface area contributed by atoms with Gasteiger partial charge in [-0.3, -0.25) is 10.1 Å². The van der Waals surface area contributed by atoms with Gasteiger partial charge in [-0.1, -0.05) is 55.5 Å². The molecule has 11 heteroatoms. The normalized spacial score (nSPS) is 12.1. The number of carbonyl (C=O) groups excluding carboxylic acids is 1. The molecule has 0 aliphatic carbocycles. The summed E-state index contributed by atoms with van der Waals surface area (Å²) in [5, 5.41) is 17.5. The molecule has 0 bridgehead atoms. The number of anilines is 1. The minimum Gasteiger partial charge on any atom is -0.491 e. The summed E-state index contributed by atoms with van der Waals surface area (Å²) in [6.07, 6.45) is -1.46. The number of nitrogens with zero attached hydrogens (tertiary/aromatic N) is 4. The van der Waals surface area contributed by atoms with Crippen LogP contribution in [0.15, 0.2) is 54.2 Å². The van der Waals surface area contributed by atoms with Gasteiger partial charge in [0.25, 0.3) is 5.91 Å². The summed E-state index contributed by atoms with van der Waals surface area (Å²) in [5.41, 5.74) is 3.44. The van der Waals surface area contributed by atoms with E-state index in [1.54, 1.807) is 0 Å². The monoisotopic (exact) mass is 539 g/mol. The highest BCUT2D eigenvalue weighted by Crippen LogP contribution is 2.33. The quantitative estimate of drug-likeness (QED) is 0.202. The van der Waals surface area contributed by atoms with Crippen LogP contribution in [-0.4, -0.2) is 27.3 Å². The fourth-order valence-corrected chi connectivity index (χ4v) is 4.54. The summed E-state index contributed by atoms with van der Waals surface area (Å²) in [6, 6.07) is 15.5. The summed E-state index contributed by atoms with van der Waals surface area (Å²) >= 11 is 0.186. The second-order valence-corrected chi connectivity index (χ2v) is 9.85. The Hall–Kier alpha value is -4.17. The molecular formula is C27H24F3N5O2S. The van der Waals surface area contributed by atoms with Gasteiger partial charge in [-0.05, 0) is 42.2 Å². The van der Waals surface area contributed by atoms with Crippen molar-refractivity contribution in [1.82, 2.24) is 14.8 Å². The molecule has 196 valence electrons. The fraction of sp³-hybridized carbons (Fsp3) is 0.259. The highest BCUT2D eigenvalue weighted by Gasteiger charge is 2.36. The van der Waals surface area contributed by atoms with Gasteiger partial charge in [0.05, 0.1) is 6.54 Å². The van der Waals surface area contributed by atoms with Crippen LogP contribution in [0, 0.1) is 18.3 Å². The van der Waals surface area contributed by atoms with E-state index in [1.165, 1.54) is 6.08 Å². The number of hydrogen-bond acceptors (Lipinski definition) is 6. The summed E-state index contributed by atoms with van der Waals surface area (Å²) in [5.74, 6) is 0.272. The molecule has 0 aliphatic rings. The summed E-state index contributed by atoms with van der Waals surface area (Å²) in [7, 11) is 0. The number of aryl methyl sites for hydroxylation is 1. The van der Waals surface area contributed by atoms with E-state index < -0.39 is 17.1 Å². The predicted molar refractivity (Wildman–Crippen MR) is 140 cm³/mol. The van der Waals surface area contributed by atoms with Gasteiger partial charge in [-0.25, -0.2) is 0 Å². The van der Waals surface area contributed by atoms with Crippen molar-refractivity contribution in [1.29, 1.82) is 5.26 Å². The Balaban J connectivity index is 1.55. The highest BCUT2D eigenvalue weighted by atomic mass is 32.1. The molecule has 1 amide bonds. The SMILES string of the molecule is Cc1ccc(C(C)C)c(OCCn2cc(/C=C(/C#N)C(=O)Nc3nnc(C(F)(F)F)s3)c3ccccc32)c1. The van der Waals surface area contributed by atoms with Crippen LogP contribution in [0.2, 0.25) is 0 Å². The van der Waals surface area contributed by atoms with Crippen LogP contribution in [0.5, 0.6) is 5.75 Å². The van der Waals surface area contributed by atoms with Crippen LogP contribution in [0.3, 0.4) is 0 Å². The molecule has 0 radical (unpaired) electrons. The molecule has 2 aromatic heterocycles. The molecule has 0 unspecified atom stereocenters. The lowest BCUT2D eigenvalue weighted by molar-refractivity contribution is -0.138. The van der Waals surface area contributed by atoms with Gasteiger partial charge >= 0.3 is 6.18 Å². The number of amides is 1. The predicted octanol–water partition coefficient (Wildman–Crippen LogP) is 6.57. The first-order valence-electron chi connectivity index (χ1n) is 11.7. The largest absolute Gasteiger partial charge is 0.491 e. The second kappa shape index (κ2) is 11.1. The highest BCUT2D eigenvalue weighted by molar-refractivity contribution is 7.15. The number of carbonyl (C=O) groups is 1. The zero-order chi connectivity index (χ0) is 27.4. The first kappa shape index (κ1) is 26.9. The number of para-hydroxylation sites is 1. The third-order valence-corrected chi connectivity index (χ3v) is 6.64. The van der Waals surface area contributed by atoms with Crippen LogP contribution < -0.4 is 10.1 Å². The average Bonchev–Trinajstić information content (AvgIpc) is 3.47. The maximum atomic E-state index is 12.8. The number of fused-ring (bicyclic) bond motifs is 1. The third kappa shape index (κ3) is 6.03. The Morgan fingerprint density at radius 1 is 1.24 bits per heavy atom. The smallest absolute Gasteiger partial charge is 0.445 e. The molecule has 0 aliphatic heterocycles. The number of halogens is 3. The molecule has 0 saturated carbocycles. The molecule has 4 rings (SSSR count). The number of nitriles is 1. The van der Waals surface area contributed by atoms with Crippen LogP contribution in [0.4, 0.5) is 18.3 Å². The molecule has 7 nitrogen and oxygen atoms in total. The first-order chi connectivity index (χ1) is 18.1. The van der Waals surface area contributed by atoms with E-state index in [2.05, 4.69) is 41.5 Å². The standard InChI is InChI=1S/C27H24F3N5O2S/c1-16(2)20-9-8-17(3)12-23(20)37-11-10-35-15-19(21-6-4-5-7-22(21)35)13-18(14-31)24(36)32-26-34-33-25(38-26)27(28,29)30/h4-9,12-13,15-16H,10-11H2,1-3H3,(H,32,34,36)/b18-13-. The van der Waals surface area contributed by atoms with Crippen molar-refractivity contribution in [3.8, 4) is 11.8 Å². The molecule has 0 saturated heterocycles. The van der Waals surface area contributed by atoms with E-state index in [0.29, 0.717) is 24.6 Å². The molecule has 4 aromatic rings. The lowest BCUT2D eigenvalue weighted by Crippen LogP contribution is -2.13. The van der Waals surface area contributed by atoms with Crippen molar-refractivity contribution in [2.75, 3.05) is 11.9 Å². The van der Waals surface area contributed by atoms with Gasteiger partial charge in [0.15, 0.2) is 0 Å². The van der Waals surface area contributed by atoms with E-state index in [-0.39, 0.29) is 22.0 Å². The molecule has 2 heterocycles. The number of aromatic nitrogens is 3. The lowest BCUT2D eigenvalue weighted by Gasteiger charge is -2.15. The van der Waals surface area contributed by atoms with Crippen LogP contribution in [0.25, 0.3) is 17.0 Å². The minimum absolute atomic E-state index is 0.186. The summed E-state index contributed by atoms with van der Waals surface area (Å²) in [4.78, 5) is 12.6. The van der Waals surface area contributed by atoms with Gasteiger partial charge in [-0.15, -0.1) is 10.2 Å². The maximum absolute atomic E-state index is 12.8. The summed E-state index contributed by atoms with van der Waals surface area (Å²) in [6.45, 7) is 7.14. The average molecular weight is 540 g/mol. The Kier molecular flexibility index (Phi) is 7.83. The Morgan fingerprint density at radius 3 is 2.68 bits per heavy atom. The number of rotatable bonds is 8. The number of ether oxygens (including phenoxy) is 1. The van der Waals surface area contributed by atoms with E-state index in [0.717, 1.165) is 27.8 Å². The Morgan fingerprint density at radius 2 is 2.00 bits per heavy atom. The fourth-order valence-electron chi connectivity index (χ4n) is 3.93. The lowest BCUT2D eigenvalue weighted by atomic mass is 10.0. The zero-order valence-corrected chi connectivity index (χ0v) is 21.7. The van der Waals surface area contributed by atoms with Crippen molar-refractivity contribution < 1.29 is 22.7 Å². The molecule has 0 atom stereocenters. The minimum atomic E-state index is -4.67. The van der Waals surface area contributed by atoms with E-state index >= 15 is 0 Å². The van der Waals surface area contributed by atoms with Crippen LogP contribution in [-0.2, 0) is 17.5 Å². The Bertz CT molecular complexity index is 1550. The van der Waals surface area contributed by atoms with Crippen molar-refractivity contribution in [2.45, 2.75) is 39.4 Å². The summed E-state index contributed by atoms with van der Waals surface area (Å²) < 4.78 is 46.4. The zero-order valence-electron chi connectivity index (χ0n) is 20.8. The van der Waals surface area contributed by atoms with Crippen LogP contribution >= 0.6 is 11.3 Å². The number of hydrogen-bond donors (Lipinski definition) is 1. The van der Waals surface area contributed by atoms with Gasteiger partial charge in [0.2, 0.25) is 10.1 Å². The van der Waals surface area contributed by atoms with Crippen molar-refractivity contribution in [3.63, 3.8) is 0 Å². The van der Waals surface area contributed by atoms with Gasteiger partial charge in [0.1, 0.15) is 24.0 Å². The van der Waals surface area contributed by atoms with Crippen LogP contribution in [0.1, 0.15) is 41.5 Å².